The minimum atomic E-state index is -0.325. The molecule has 0 bridgehead atoms. The maximum atomic E-state index is 12.3. The van der Waals surface area contributed by atoms with E-state index in [-0.39, 0.29) is 37.0 Å². The van der Waals surface area contributed by atoms with E-state index in [1.54, 1.807) is 17.0 Å². The fraction of sp³-hybridized carbons (Fsp3) is 0.583. The maximum Gasteiger partial charge on any atom is 0.289 e. The number of rotatable bonds is 3. The number of carbonyl (C=O) groups is 1. The monoisotopic (exact) mass is 254 g/mol. The van der Waals surface area contributed by atoms with Crippen LogP contribution >= 0.6 is 0 Å². The Hall–Kier alpha value is -1.37. The van der Waals surface area contributed by atoms with Gasteiger partial charge in [-0.15, -0.1) is 0 Å². The van der Waals surface area contributed by atoms with Crippen molar-refractivity contribution < 1.29 is 19.1 Å². The van der Waals surface area contributed by atoms with Gasteiger partial charge in [0.2, 0.25) is 0 Å². The highest BCUT2D eigenvalue weighted by Gasteiger charge is 2.31. The molecule has 2 rings (SSSR count). The summed E-state index contributed by atoms with van der Waals surface area (Å²) in [5.74, 6) is 0.669. The van der Waals surface area contributed by atoms with E-state index >= 15 is 0 Å². The summed E-state index contributed by atoms with van der Waals surface area (Å²) in [6.45, 7) is 2.86. The maximum absolute atomic E-state index is 12.3. The Balaban J connectivity index is 2.11. The Bertz CT molecular complexity index is 418. The topological polar surface area (TPSA) is 88.9 Å². The second-order valence-electron chi connectivity index (χ2n) is 4.41. The summed E-state index contributed by atoms with van der Waals surface area (Å²) in [4.78, 5) is 13.9. The fourth-order valence-corrected chi connectivity index (χ4v) is 1.95. The number of nitrogens with zero attached hydrogens (tertiary/aromatic N) is 1. The standard InChI is InChI=1S/C12H18N2O4/c1-8-7-17-10(6-15)5-14(8)12(16)11-3-2-9(4-13)18-11/h2-3,8,10,15H,4-7,13H2,1H3. The van der Waals surface area contributed by atoms with Crippen LogP contribution in [0.2, 0.25) is 0 Å². The molecule has 0 spiro atoms. The van der Waals surface area contributed by atoms with Crippen molar-refractivity contribution in [2.75, 3.05) is 19.8 Å². The molecule has 1 aromatic heterocycles. The molecule has 0 radical (unpaired) electrons. The van der Waals surface area contributed by atoms with Gasteiger partial charge in [0.05, 0.1) is 31.9 Å². The molecule has 18 heavy (non-hydrogen) atoms. The molecule has 0 saturated carbocycles. The van der Waals surface area contributed by atoms with Gasteiger partial charge in [-0.25, -0.2) is 0 Å². The van der Waals surface area contributed by atoms with Crippen LogP contribution in [0.5, 0.6) is 0 Å². The number of aliphatic hydroxyl groups excluding tert-OH is 1. The lowest BCUT2D eigenvalue weighted by Gasteiger charge is -2.36. The highest BCUT2D eigenvalue weighted by Crippen LogP contribution is 2.17. The number of hydrogen-bond acceptors (Lipinski definition) is 5. The second-order valence-corrected chi connectivity index (χ2v) is 4.41. The van der Waals surface area contributed by atoms with E-state index < -0.39 is 0 Å². The van der Waals surface area contributed by atoms with Gasteiger partial charge in [0.1, 0.15) is 5.76 Å². The summed E-state index contributed by atoms with van der Waals surface area (Å²) in [5.41, 5.74) is 5.44. The predicted molar refractivity (Wildman–Crippen MR) is 63.9 cm³/mol. The van der Waals surface area contributed by atoms with Gasteiger partial charge in [-0.3, -0.25) is 4.79 Å². The molecule has 1 saturated heterocycles. The zero-order chi connectivity index (χ0) is 13.1. The lowest BCUT2D eigenvalue weighted by molar-refractivity contribution is -0.0674. The number of hydrogen-bond donors (Lipinski definition) is 2. The van der Waals surface area contributed by atoms with Crippen molar-refractivity contribution in [2.24, 2.45) is 5.73 Å². The Morgan fingerprint density at radius 1 is 1.61 bits per heavy atom. The van der Waals surface area contributed by atoms with E-state index in [0.29, 0.717) is 18.9 Å². The Morgan fingerprint density at radius 3 is 3.00 bits per heavy atom. The third-order valence-electron chi connectivity index (χ3n) is 3.04. The first-order valence-corrected chi connectivity index (χ1v) is 5.98. The van der Waals surface area contributed by atoms with E-state index in [9.17, 15) is 4.79 Å². The van der Waals surface area contributed by atoms with Crippen LogP contribution in [0.25, 0.3) is 0 Å². The molecule has 6 heteroatoms. The molecule has 0 aliphatic carbocycles. The van der Waals surface area contributed by atoms with E-state index in [0.717, 1.165) is 0 Å². The van der Waals surface area contributed by atoms with Crippen molar-refractivity contribution in [3.8, 4) is 0 Å². The molecule has 2 heterocycles. The van der Waals surface area contributed by atoms with Crippen LogP contribution in [0.15, 0.2) is 16.5 Å². The molecule has 3 N–H and O–H groups in total. The summed E-state index contributed by atoms with van der Waals surface area (Å²) >= 11 is 0. The molecular weight excluding hydrogens is 236 g/mol. The minimum Gasteiger partial charge on any atom is -0.455 e. The Kier molecular flexibility index (Phi) is 4.00. The highest BCUT2D eigenvalue weighted by atomic mass is 16.5. The molecule has 100 valence electrons. The van der Waals surface area contributed by atoms with Gasteiger partial charge in [-0.1, -0.05) is 0 Å². The van der Waals surface area contributed by atoms with Gasteiger partial charge in [0.15, 0.2) is 5.76 Å². The van der Waals surface area contributed by atoms with Crippen molar-refractivity contribution >= 4 is 5.91 Å². The Labute approximate surface area is 105 Å². The van der Waals surface area contributed by atoms with Gasteiger partial charge in [0.25, 0.3) is 5.91 Å². The third kappa shape index (κ3) is 2.55. The van der Waals surface area contributed by atoms with Crippen molar-refractivity contribution in [1.82, 2.24) is 4.90 Å². The molecule has 1 fully saturated rings. The van der Waals surface area contributed by atoms with Crippen molar-refractivity contribution in [1.29, 1.82) is 0 Å². The van der Waals surface area contributed by atoms with E-state index in [2.05, 4.69) is 0 Å². The van der Waals surface area contributed by atoms with Crippen LogP contribution in [-0.4, -0.2) is 47.8 Å². The van der Waals surface area contributed by atoms with Crippen LogP contribution in [0.4, 0.5) is 0 Å². The molecule has 1 aromatic rings. The minimum absolute atomic E-state index is 0.0354. The molecule has 1 aliphatic heterocycles. The van der Waals surface area contributed by atoms with Crippen LogP contribution in [-0.2, 0) is 11.3 Å². The van der Waals surface area contributed by atoms with Crippen molar-refractivity contribution in [3.05, 3.63) is 23.7 Å². The third-order valence-corrected chi connectivity index (χ3v) is 3.04. The molecule has 2 atom stereocenters. The van der Waals surface area contributed by atoms with Crippen LogP contribution in [0, 0.1) is 0 Å². The number of ether oxygens (including phenoxy) is 1. The van der Waals surface area contributed by atoms with Crippen molar-refractivity contribution in [2.45, 2.75) is 25.6 Å². The van der Waals surface area contributed by atoms with Gasteiger partial charge < -0.3 is 24.9 Å². The summed E-state index contributed by atoms with van der Waals surface area (Å²) in [6.07, 6.45) is -0.325. The summed E-state index contributed by atoms with van der Waals surface area (Å²) in [5, 5.41) is 9.09. The molecular formula is C12H18N2O4. The van der Waals surface area contributed by atoms with Crippen LogP contribution in [0.3, 0.4) is 0 Å². The van der Waals surface area contributed by atoms with E-state index in [4.69, 9.17) is 20.0 Å². The average molecular weight is 254 g/mol. The predicted octanol–water partition coefficient (Wildman–Crippen LogP) is -0.0399. The Morgan fingerprint density at radius 2 is 2.39 bits per heavy atom. The molecule has 6 nitrogen and oxygen atoms in total. The largest absolute Gasteiger partial charge is 0.455 e. The van der Waals surface area contributed by atoms with Gasteiger partial charge >= 0.3 is 0 Å². The number of morpholine rings is 1. The van der Waals surface area contributed by atoms with E-state index in [1.807, 2.05) is 6.92 Å². The molecule has 1 amide bonds. The summed E-state index contributed by atoms with van der Waals surface area (Å²) in [6, 6.07) is 3.29. The van der Waals surface area contributed by atoms with Crippen molar-refractivity contribution in [3.63, 3.8) is 0 Å². The lowest BCUT2D eigenvalue weighted by atomic mass is 10.2. The first kappa shape index (κ1) is 13.1. The first-order chi connectivity index (χ1) is 8.65. The highest BCUT2D eigenvalue weighted by molar-refractivity contribution is 5.91. The summed E-state index contributed by atoms with van der Waals surface area (Å²) < 4.78 is 10.7. The number of carbonyl (C=O) groups excluding carboxylic acids is 1. The van der Waals surface area contributed by atoms with Crippen LogP contribution < -0.4 is 5.73 Å². The second kappa shape index (κ2) is 5.51. The fourth-order valence-electron chi connectivity index (χ4n) is 1.95. The quantitative estimate of drug-likeness (QED) is 0.790. The van der Waals surface area contributed by atoms with E-state index in [1.165, 1.54) is 0 Å². The average Bonchev–Trinajstić information content (AvgIpc) is 2.87. The van der Waals surface area contributed by atoms with Gasteiger partial charge in [-0.2, -0.15) is 0 Å². The number of amides is 1. The van der Waals surface area contributed by atoms with Gasteiger partial charge in [0, 0.05) is 6.54 Å². The number of furan rings is 1. The lowest BCUT2D eigenvalue weighted by Crippen LogP contribution is -2.51. The number of nitrogens with two attached hydrogens (primary N) is 1. The zero-order valence-corrected chi connectivity index (χ0v) is 10.3. The smallest absolute Gasteiger partial charge is 0.289 e. The normalized spacial score (nSPS) is 24.3. The molecule has 0 aromatic carbocycles. The SMILES string of the molecule is CC1COC(CO)CN1C(=O)c1ccc(CN)o1. The zero-order valence-electron chi connectivity index (χ0n) is 10.3. The molecule has 1 aliphatic rings. The van der Waals surface area contributed by atoms with Gasteiger partial charge in [-0.05, 0) is 19.1 Å². The van der Waals surface area contributed by atoms with Crippen LogP contribution in [0.1, 0.15) is 23.2 Å². The number of aliphatic hydroxyl groups is 1. The first-order valence-electron chi connectivity index (χ1n) is 5.98. The molecule has 2 unspecified atom stereocenters. The summed E-state index contributed by atoms with van der Waals surface area (Å²) in [7, 11) is 0.